The Balaban J connectivity index is 2.25. The Bertz CT molecular complexity index is 482. The van der Waals surface area contributed by atoms with Crippen molar-refractivity contribution < 1.29 is 19.1 Å². The number of methoxy groups -OCH3 is 1. The van der Waals surface area contributed by atoms with Crippen LogP contribution in [0.15, 0.2) is 0 Å². The smallest absolute Gasteiger partial charge is 0.313 e. The molecule has 5 atom stereocenters. The minimum absolute atomic E-state index is 0.0142. The van der Waals surface area contributed by atoms with Gasteiger partial charge in [-0.2, -0.15) is 0 Å². The van der Waals surface area contributed by atoms with Gasteiger partial charge in [0.1, 0.15) is 5.92 Å². The molecule has 150 valence electrons. The zero-order valence-corrected chi connectivity index (χ0v) is 17.0. The van der Waals surface area contributed by atoms with E-state index in [-0.39, 0.29) is 48.0 Å². The maximum atomic E-state index is 13.0. The number of ether oxygens (including phenoxy) is 2. The van der Waals surface area contributed by atoms with Gasteiger partial charge in [0, 0.05) is 6.54 Å². The molecule has 1 unspecified atom stereocenters. The lowest BCUT2D eigenvalue weighted by atomic mass is 9.81. The largest absolute Gasteiger partial charge is 0.469 e. The van der Waals surface area contributed by atoms with Crippen LogP contribution in [-0.2, 0) is 19.1 Å². The van der Waals surface area contributed by atoms with E-state index < -0.39 is 0 Å². The van der Waals surface area contributed by atoms with E-state index in [0.717, 1.165) is 38.6 Å². The van der Waals surface area contributed by atoms with Gasteiger partial charge < -0.3 is 14.8 Å². The number of carbonyl (C=O) groups excluding carboxylic acids is 2. The Labute approximate surface area is 158 Å². The second-order valence-corrected chi connectivity index (χ2v) is 7.90. The highest BCUT2D eigenvalue weighted by Gasteiger charge is 2.56. The van der Waals surface area contributed by atoms with Gasteiger partial charge in [-0.15, -0.1) is 0 Å². The van der Waals surface area contributed by atoms with Crippen molar-refractivity contribution in [1.29, 1.82) is 0 Å². The van der Waals surface area contributed by atoms with E-state index in [1.807, 2.05) is 0 Å². The van der Waals surface area contributed by atoms with Crippen LogP contribution in [0.2, 0.25) is 0 Å². The van der Waals surface area contributed by atoms with E-state index in [4.69, 9.17) is 9.47 Å². The number of hydrogen-bond donors (Lipinski definition) is 1. The number of amides is 1. The highest BCUT2D eigenvalue weighted by molar-refractivity contribution is 5.82. The topological polar surface area (TPSA) is 67.9 Å². The lowest BCUT2D eigenvalue weighted by Gasteiger charge is -2.42. The van der Waals surface area contributed by atoms with Gasteiger partial charge >= 0.3 is 5.97 Å². The lowest BCUT2D eigenvalue weighted by Crippen LogP contribution is -2.59. The van der Waals surface area contributed by atoms with E-state index in [2.05, 4.69) is 37.9 Å². The monoisotopic (exact) mass is 368 g/mol. The molecule has 0 saturated carbocycles. The summed E-state index contributed by atoms with van der Waals surface area (Å²) in [5.74, 6) is -0.291. The molecule has 2 rings (SSSR count). The van der Waals surface area contributed by atoms with Crippen LogP contribution in [0, 0.1) is 11.8 Å². The molecular weight excluding hydrogens is 332 g/mol. The summed E-state index contributed by atoms with van der Waals surface area (Å²) in [6.45, 7) is 9.85. The first-order valence-electron chi connectivity index (χ1n) is 10.2. The van der Waals surface area contributed by atoms with Crippen LogP contribution in [0.1, 0.15) is 59.8 Å². The Kier molecular flexibility index (Phi) is 7.89. The van der Waals surface area contributed by atoms with Crippen molar-refractivity contribution in [2.45, 2.75) is 84.1 Å². The molecular formula is C20H36N2O4. The zero-order valence-electron chi connectivity index (χ0n) is 17.0. The van der Waals surface area contributed by atoms with Crippen LogP contribution < -0.4 is 5.32 Å². The van der Waals surface area contributed by atoms with E-state index in [9.17, 15) is 9.59 Å². The Morgan fingerprint density at radius 3 is 2.46 bits per heavy atom. The highest BCUT2D eigenvalue weighted by atomic mass is 16.5. The summed E-state index contributed by atoms with van der Waals surface area (Å²) in [5, 5.41) is 3.09. The predicted octanol–water partition coefficient (Wildman–Crippen LogP) is 2.36. The summed E-state index contributed by atoms with van der Waals surface area (Å²) in [7, 11) is 1.44. The third kappa shape index (κ3) is 4.39. The van der Waals surface area contributed by atoms with Gasteiger partial charge in [0.2, 0.25) is 5.91 Å². The van der Waals surface area contributed by atoms with Gasteiger partial charge in [-0.3, -0.25) is 14.5 Å². The molecule has 2 aliphatic heterocycles. The second-order valence-electron chi connectivity index (χ2n) is 7.90. The quantitative estimate of drug-likeness (QED) is 0.474. The molecule has 1 N–H and O–H groups in total. The average Bonchev–Trinajstić information content (AvgIpc) is 3.21. The lowest BCUT2D eigenvalue weighted by molar-refractivity contribution is -0.150. The molecule has 6 heteroatoms. The molecule has 0 radical (unpaired) electrons. The van der Waals surface area contributed by atoms with Gasteiger partial charge in [0.05, 0.1) is 31.4 Å². The molecule has 6 nitrogen and oxygen atoms in total. The molecule has 0 aromatic carbocycles. The SMILES string of the molecule is CCCCNC(=O)C(C(C)C)N(CCC)[C@H]1[C@@H](C(=O)OC)[C@@H]2CC[C@H]1O2. The number of nitrogens with one attached hydrogen (secondary N) is 1. The Morgan fingerprint density at radius 1 is 1.19 bits per heavy atom. The second kappa shape index (κ2) is 9.70. The van der Waals surface area contributed by atoms with Crippen LogP contribution in [0.4, 0.5) is 0 Å². The Morgan fingerprint density at radius 2 is 1.88 bits per heavy atom. The molecule has 0 aromatic heterocycles. The van der Waals surface area contributed by atoms with Crippen LogP contribution in [-0.4, -0.2) is 61.3 Å². The minimum atomic E-state index is -0.296. The third-order valence-corrected chi connectivity index (χ3v) is 5.66. The maximum absolute atomic E-state index is 13.0. The molecule has 0 spiro atoms. The zero-order chi connectivity index (χ0) is 19.3. The number of carbonyl (C=O) groups is 2. The summed E-state index contributed by atoms with van der Waals surface area (Å²) >= 11 is 0. The number of rotatable bonds is 10. The van der Waals surface area contributed by atoms with Crippen molar-refractivity contribution >= 4 is 11.9 Å². The number of esters is 1. The molecule has 0 aromatic rings. The number of nitrogens with zero attached hydrogens (tertiary/aromatic N) is 1. The van der Waals surface area contributed by atoms with Gasteiger partial charge in [-0.25, -0.2) is 0 Å². The molecule has 2 aliphatic rings. The van der Waals surface area contributed by atoms with Crippen molar-refractivity contribution in [2.24, 2.45) is 11.8 Å². The van der Waals surface area contributed by atoms with E-state index in [1.165, 1.54) is 7.11 Å². The number of fused-ring (bicyclic) bond motifs is 2. The van der Waals surface area contributed by atoms with E-state index in [0.29, 0.717) is 6.54 Å². The maximum Gasteiger partial charge on any atom is 0.313 e. The first-order valence-corrected chi connectivity index (χ1v) is 10.2. The summed E-state index contributed by atoms with van der Waals surface area (Å²) in [6, 6.07) is -0.336. The number of unbranched alkanes of at least 4 members (excludes halogenated alkanes) is 1. The fraction of sp³-hybridized carbons (Fsp3) is 0.900. The number of hydrogen-bond acceptors (Lipinski definition) is 5. The van der Waals surface area contributed by atoms with Gasteiger partial charge in [0.25, 0.3) is 0 Å². The molecule has 2 bridgehead atoms. The normalized spacial score (nSPS) is 28.6. The average molecular weight is 369 g/mol. The first kappa shape index (κ1) is 21.2. The standard InChI is InChI=1S/C20H36N2O4/c1-6-8-11-21-19(23)17(13(3)4)22(12-7-2)18-15-10-9-14(26-15)16(18)20(24)25-5/h13-18H,6-12H2,1-5H3,(H,21,23)/t14-,15+,16-,17?,18+/m0/s1. The highest BCUT2D eigenvalue weighted by Crippen LogP contribution is 2.43. The minimum Gasteiger partial charge on any atom is -0.469 e. The summed E-state index contributed by atoms with van der Waals surface area (Å²) in [4.78, 5) is 27.7. The molecule has 2 heterocycles. The summed E-state index contributed by atoms with van der Waals surface area (Å²) < 4.78 is 11.2. The fourth-order valence-corrected chi connectivity index (χ4v) is 4.56. The van der Waals surface area contributed by atoms with Crippen molar-refractivity contribution in [3.05, 3.63) is 0 Å². The molecule has 0 aliphatic carbocycles. The molecule has 26 heavy (non-hydrogen) atoms. The first-order chi connectivity index (χ1) is 12.5. The van der Waals surface area contributed by atoms with E-state index >= 15 is 0 Å². The van der Waals surface area contributed by atoms with Crippen LogP contribution in [0.25, 0.3) is 0 Å². The van der Waals surface area contributed by atoms with Crippen LogP contribution in [0.3, 0.4) is 0 Å². The summed E-state index contributed by atoms with van der Waals surface area (Å²) in [5.41, 5.74) is 0. The van der Waals surface area contributed by atoms with Crippen LogP contribution in [0.5, 0.6) is 0 Å². The summed E-state index contributed by atoms with van der Waals surface area (Å²) in [6.07, 6.45) is 4.74. The molecule has 2 saturated heterocycles. The molecule has 2 fully saturated rings. The van der Waals surface area contributed by atoms with Gasteiger partial charge in [0.15, 0.2) is 0 Å². The van der Waals surface area contributed by atoms with Crippen LogP contribution >= 0.6 is 0 Å². The van der Waals surface area contributed by atoms with Gasteiger partial charge in [-0.1, -0.05) is 34.1 Å². The van der Waals surface area contributed by atoms with Crippen molar-refractivity contribution in [3.63, 3.8) is 0 Å². The third-order valence-electron chi connectivity index (χ3n) is 5.66. The predicted molar refractivity (Wildman–Crippen MR) is 101 cm³/mol. The van der Waals surface area contributed by atoms with Gasteiger partial charge in [-0.05, 0) is 38.1 Å². The van der Waals surface area contributed by atoms with E-state index in [1.54, 1.807) is 0 Å². The molecule has 1 amide bonds. The van der Waals surface area contributed by atoms with Crippen molar-refractivity contribution in [3.8, 4) is 0 Å². The Hall–Kier alpha value is -1.14. The van der Waals surface area contributed by atoms with Crippen molar-refractivity contribution in [2.75, 3.05) is 20.2 Å². The van der Waals surface area contributed by atoms with Crippen molar-refractivity contribution in [1.82, 2.24) is 10.2 Å². The fourth-order valence-electron chi connectivity index (χ4n) is 4.56.